The van der Waals surface area contributed by atoms with Crippen LogP contribution < -0.4 is 4.74 Å². The number of nitrogens with zero attached hydrogens (tertiary/aromatic N) is 3. The molecule has 1 fully saturated rings. The zero-order valence-electron chi connectivity index (χ0n) is 20.5. The summed E-state index contributed by atoms with van der Waals surface area (Å²) in [7, 11) is 0. The Morgan fingerprint density at radius 2 is 1.81 bits per heavy atom. The number of fused-ring (bicyclic) bond motifs is 1. The van der Waals surface area contributed by atoms with Crippen molar-refractivity contribution in [1.29, 1.82) is 5.26 Å². The molecule has 2 aliphatic rings. The summed E-state index contributed by atoms with van der Waals surface area (Å²) in [6.07, 6.45) is 4.11. The van der Waals surface area contributed by atoms with Crippen molar-refractivity contribution in [1.82, 2.24) is 9.80 Å². The van der Waals surface area contributed by atoms with E-state index >= 15 is 0 Å². The zero-order chi connectivity index (χ0) is 26.4. The molecule has 0 spiro atoms. The van der Waals surface area contributed by atoms with Crippen molar-refractivity contribution < 1.29 is 19.1 Å². The van der Waals surface area contributed by atoms with Crippen LogP contribution in [0.25, 0.3) is 0 Å². The average Bonchev–Trinajstić information content (AvgIpc) is 3.24. The van der Waals surface area contributed by atoms with Crippen LogP contribution in [0.1, 0.15) is 53.6 Å². The van der Waals surface area contributed by atoms with Crippen molar-refractivity contribution in [3.8, 4) is 11.8 Å². The molecule has 2 aromatic rings. The molecule has 1 amide bonds. The lowest BCUT2D eigenvalue weighted by molar-refractivity contribution is -0.112. The molecule has 0 aromatic heterocycles. The molecule has 4 rings (SSSR count). The Bertz CT molecular complexity index is 1180. The van der Waals surface area contributed by atoms with Crippen LogP contribution in [0.3, 0.4) is 0 Å². The maximum absolute atomic E-state index is 12.8. The number of hydrogen-bond donors (Lipinski definition) is 0. The number of rotatable bonds is 11. The standard InChI is InChI=1S/C28H29Cl2N3O4/c29-23-7-2-8-24(30)26(23)28(19-31)10-13-32(14-11-28)12-4-16-37-25-9-1-6-21-22(25)17-33(27(21)36)20(18-35)5-3-15-34/h1-2,6-9,15,18,20H,3-5,10-14,16-17H2. The fourth-order valence-electron chi connectivity index (χ4n) is 5.27. The number of benzene rings is 2. The topological polar surface area (TPSA) is 90.7 Å². The predicted octanol–water partition coefficient (Wildman–Crippen LogP) is 4.82. The van der Waals surface area contributed by atoms with E-state index in [0.717, 1.165) is 49.8 Å². The molecule has 1 unspecified atom stereocenters. The molecule has 37 heavy (non-hydrogen) atoms. The van der Waals surface area contributed by atoms with Gasteiger partial charge in [0.2, 0.25) is 0 Å². The second-order valence-electron chi connectivity index (χ2n) is 9.50. The van der Waals surface area contributed by atoms with Gasteiger partial charge in [-0.25, -0.2) is 0 Å². The minimum atomic E-state index is -0.684. The van der Waals surface area contributed by atoms with Gasteiger partial charge in [-0.1, -0.05) is 35.3 Å². The molecule has 1 saturated heterocycles. The molecule has 7 nitrogen and oxygen atoms in total. The fourth-order valence-corrected chi connectivity index (χ4v) is 6.03. The van der Waals surface area contributed by atoms with Crippen molar-refractivity contribution in [2.45, 2.75) is 50.1 Å². The van der Waals surface area contributed by atoms with Crippen LogP contribution in [-0.2, 0) is 21.5 Å². The number of likely N-dealkylation sites (tertiary alicyclic amines) is 1. The lowest BCUT2D eigenvalue weighted by Crippen LogP contribution is -2.42. The number of carbonyl (C=O) groups is 3. The second kappa shape index (κ2) is 12.1. The van der Waals surface area contributed by atoms with Crippen molar-refractivity contribution in [2.75, 3.05) is 26.2 Å². The Balaban J connectivity index is 1.30. The highest BCUT2D eigenvalue weighted by molar-refractivity contribution is 6.36. The van der Waals surface area contributed by atoms with Gasteiger partial charge in [0.05, 0.1) is 30.7 Å². The van der Waals surface area contributed by atoms with Gasteiger partial charge in [-0.15, -0.1) is 0 Å². The summed E-state index contributed by atoms with van der Waals surface area (Å²) < 4.78 is 6.06. The second-order valence-corrected chi connectivity index (χ2v) is 10.3. The minimum absolute atomic E-state index is 0.212. The van der Waals surface area contributed by atoms with Crippen LogP contribution in [0.15, 0.2) is 36.4 Å². The molecule has 1 atom stereocenters. The Kier molecular flexibility index (Phi) is 8.86. The summed E-state index contributed by atoms with van der Waals surface area (Å²) in [6.45, 7) is 3.10. The molecule has 2 aliphatic heterocycles. The molecular formula is C28H29Cl2N3O4. The van der Waals surface area contributed by atoms with Gasteiger partial charge in [-0.3, -0.25) is 4.79 Å². The van der Waals surface area contributed by atoms with Crippen LogP contribution >= 0.6 is 23.2 Å². The van der Waals surface area contributed by atoms with Crippen LogP contribution in [-0.4, -0.2) is 60.6 Å². The van der Waals surface area contributed by atoms with Gasteiger partial charge >= 0.3 is 0 Å². The first-order valence-corrected chi connectivity index (χ1v) is 13.2. The number of nitriles is 1. The first kappa shape index (κ1) is 27.1. The quantitative estimate of drug-likeness (QED) is 0.299. The molecule has 0 N–H and O–H groups in total. The summed E-state index contributed by atoms with van der Waals surface area (Å²) in [5, 5.41) is 11.1. The maximum Gasteiger partial charge on any atom is 0.255 e. The number of aldehydes is 2. The number of halogens is 2. The number of piperidine rings is 1. The van der Waals surface area contributed by atoms with Crippen LogP contribution in [0.4, 0.5) is 0 Å². The van der Waals surface area contributed by atoms with E-state index in [1.54, 1.807) is 30.3 Å². The minimum Gasteiger partial charge on any atom is -0.493 e. The molecule has 0 saturated carbocycles. The molecule has 2 aromatic carbocycles. The van der Waals surface area contributed by atoms with Crippen LogP contribution in [0, 0.1) is 11.3 Å². The maximum atomic E-state index is 12.8. The highest BCUT2D eigenvalue weighted by atomic mass is 35.5. The van der Waals surface area contributed by atoms with Gasteiger partial charge in [0.1, 0.15) is 18.3 Å². The van der Waals surface area contributed by atoms with E-state index in [-0.39, 0.29) is 12.3 Å². The Morgan fingerprint density at radius 3 is 2.46 bits per heavy atom. The Hall–Kier alpha value is -2.92. The van der Waals surface area contributed by atoms with E-state index in [4.69, 9.17) is 27.9 Å². The number of ether oxygens (including phenoxy) is 1. The van der Waals surface area contributed by atoms with Crippen molar-refractivity contribution >= 4 is 41.7 Å². The SMILES string of the molecule is N#CC1(c2c(Cl)cccc2Cl)CCN(CCCOc2cccc3c2CN(C(C=O)CCC=O)C3=O)CC1. The largest absolute Gasteiger partial charge is 0.493 e. The lowest BCUT2D eigenvalue weighted by atomic mass is 9.74. The van der Waals surface area contributed by atoms with E-state index in [0.29, 0.717) is 53.8 Å². The monoisotopic (exact) mass is 541 g/mol. The van der Waals surface area contributed by atoms with E-state index in [1.807, 2.05) is 6.07 Å². The summed E-state index contributed by atoms with van der Waals surface area (Å²) in [6, 6.07) is 12.6. The van der Waals surface area contributed by atoms with Crippen molar-refractivity contribution in [3.63, 3.8) is 0 Å². The molecular weight excluding hydrogens is 513 g/mol. The van der Waals surface area contributed by atoms with E-state index in [2.05, 4.69) is 11.0 Å². The molecule has 0 bridgehead atoms. The molecule has 2 heterocycles. The Morgan fingerprint density at radius 1 is 1.11 bits per heavy atom. The average molecular weight is 542 g/mol. The van der Waals surface area contributed by atoms with E-state index in [9.17, 15) is 19.6 Å². The zero-order valence-corrected chi connectivity index (χ0v) is 22.0. The first-order chi connectivity index (χ1) is 17.9. The van der Waals surface area contributed by atoms with E-state index in [1.165, 1.54) is 4.90 Å². The molecule has 9 heteroatoms. The summed E-state index contributed by atoms with van der Waals surface area (Å²) >= 11 is 12.8. The summed E-state index contributed by atoms with van der Waals surface area (Å²) in [5.74, 6) is 0.431. The summed E-state index contributed by atoms with van der Waals surface area (Å²) in [5.41, 5.74) is 1.36. The first-order valence-electron chi connectivity index (χ1n) is 12.5. The predicted molar refractivity (Wildman–Crippen MR) is 141 cm³/mol. The normalized spacial score (nSPS) is 17.6. The number of carbonyl (C=O) groups excluding carboxylic acids is 3. The smallest absolute Gasteiger partial charge is 0.255 e. The highest BCUT2D eigenvalue weighted by Gasteiger charge is 2.39. The van der Waals surface area contributed by atoms with Gasteiger partial charge in [-0.05, 0) is 63.0 Å². The lowest BCUT2D eigenvalue weighted by Gasteiger charge is -2.38. The highest BCUT2D eigenvalue weighted by Crippen LogP contribution is 2.42. The third kappa shape index (κ3) is 5.67. The van der Waals surface area contributed by atoms with Crippen molar-refractivity contribution in [2.24, 2.45) is 0 Å². The third-order valence-corrected chi connectivity index (χ3v) is 7.96. The van der Waals surface area contributed by atoms with Gasteiger partial charge in [0.15, 0.2) is 0 Å². The molecule has 194 valence electrons. The third-order valence-electron chi connectivity index (χ3n) is 7.33. The number of amides is 1. The summed E-state index contributed by atoms with van der Waals surface area (Å²) in [4.78, 5) is 38.9. The Labute approximate surface area is 226 Å². The van der Waals surface area contributed by atoms with E-state index < -0.39 is 11.5 Å². The van der Waals surface area contributed by atoms with Crippen molar-refractivity contribution in [3.05, 3.63) is 63.1 Å². The van der Waals surface area contributed by atoms with Gasteiger partial charge in [0, 0.05) is 39.7 Å². The van der Waals surface area contributed by atoms with Gasteiger partial charge in [-0.2, -0.15) is 5.26 Å². The number of hydrogen-bond acceptors (Lipinski definition) is 6. The van der Waals surface area contributed by atoms with Crippen LogP contribution in [0.2, 0.25) is 10.0 Å². The fraction of sp³-hybridized carbons (Fsp3) is 0.429. The van der Waals surface area contributed by atoms with Gasteiger partial charge < -0.3 is 24.1 Å². The molecule has 0 radical (unpaired) electrons. The van der Waals surface area contributed by atoms with Gasteiger partial charge in [0.25, 0.3) is 5.91 Å². The molecule has 0 aliphatic carbocycles. The van der Waals surface area contributed by atoms with Crippen LogP contribution in [0.5, 0.6) is 5.75 Å².